The number of anilines is 2. The van der Waals surface area contributed by atoms with Crippen LogP contribution in [0.1, 0.15) is 6.92 Å². The first kappa shape index (κ1) is 13.3. The molecule has 0 aliphatic heterocycles. The second-order valence-corrected chi connectivity index (χ2v) is 4.05. The van der Waals surface area contributed by atoms with Crippen LogP contribution in [0, 0.1) is 5.82 Å². The molecule has 0 radical (unpaired) electrons. The number of rotatable bonds is 4. The van der Waals surface area contributed by atoms with Gasteiger partial charge in [-0.25, -0.2) is 4.39 Å². The number of likely N-dealkylation sites (N-methyl/N-ethyl adjacent to an activating group) is 2. The lowest BCUT2D eigenvalue weighted by Crippen LogP contribution is -2.36. The third-order valence-electron chi connectivity index (χ3n) is 2.48. The average Bonchev–Trinajstić information content (AvgIpc) is 2.23. The molecule has 1 aromatic carbocycles. The molecule has 1 amide bonds. The SMILES string of the molecule is CCN(CC(=O)N(C)C)c1cc(N)cc(F)c1. The van der Waals surface area contributed by atoms with Gasteiger partial charge in [-0.15, -0.1) is 0 Å². The summed E-state index contributed by atoms with van der Waals surface area (Å²) in [5.41, 5.74) is 6.56. The highest BCUT2D eigenvalue weighted by Crippen LogP contribution is 2.19. The van der Waals surface area contributed by atoms with E-state index in [0.29, 0.717) is 17.9 Å². The zero-order chi connectivity index (χ0) is 13.0. The largest absolute Gasteiger partial charge is 0.399 e. The Kier molecular flexibility index (Phi) is 4.31. The van der Waals surface area contributed by atoms with Crippen LogP contribution in [0.15, 0.2) is 18.2 Å². The van der Waals surface area contributed by atoms with E-state index in [2.05, 4.69) is 0 Å². The molecule has 0 atom stereocenters. The minimum Gasteiger partial charge on any atom is -0.399 e. The molecule has 0 bridgehead atoms. The molecule has 0 spiro atoms. The van der Waals surface area contributed by atoms with Crippen molar-refractivity contribution in [3.05, 3.63) is 24.0 Å². The van der Waals surface area contributed by atoms with Crippen molar-refractivity contribution in [2.45, 2.75) is 6.92 Å². The summed E-state index contributed by atoms with van der Waals surface area (Å²) in [5, 5.41) is 0. The van der Waals surface area contributed by atoms with Gasteiger partial charge in [0.2, 0.25) is 5.91 Å². The first-order chi connectivity index (χ1) is 7.93. The Balaban J connectivity index is 2.89. The van der Waals surface area contributed by atoms with Crippen molar-refractivity contribution in [3.63, 3.8) is 0 Å². The van der Waals surface area contributed by atoms with E-state index >= 15 is 0 Å². The Morgan fingerprint density at radius 1 is 1.35 bits per heavy atom. The van der Waals surface area contributed by atoms with Gasteiger partial charge in [-0.3, -0.25) is 4.79 Å². The van der Waals surface area contributed by atoms with E-state index in [9.17, 15) is 9.18 Å². The van der Waals surface area contributed by atoms with Gasteiger partial charge < -0.3 is 15.5 Å². The predicted octanol–water partition coefficient (Wildman–Crippen LogP) is 1.32. The second-order valence-electron chi connectivity index (χ2n) is 4.05. The molecule has 2 N–H and O–H groups in total. The van der Waals surface area contributed by atoms with Crippen LogP contribution in [0.3, 0.4) is 0 Å². The first-order valence-electron chi connectivity index (χ1n) is 5.45. The Hall–Kier alpha value is -1.78. The van der Waals surface area contributed by atoms with E-state index in [0.717, 1.165) is 0 Å². The number of nitrogens with two attached hydrogens (primary N) is 1. The molecule has 0 saturated heterocycles. The number of nitrogen functional groups attached to an aromatic ring is 1. The van der Waals surface area contributed by atoms with Crippen LogP contribution in [-0.4, -0.2) is 38.0 Å². The number of benzene rings is 1. The molecule has 0 unspecified atom stereocenters. The van der Waals surface area contributed by atoms with Gasteiger partial charge in [0.25, 0.3) is 0 Å². The van der Waals surface area contributed by atoms with Gasteiger partial charge in [-0.1, -0.05) is 0 Å². The van der Waals surface area contributed by atoms with Crippen LogP contribution in [-0.2, 0) is 4.79 Å². The smallest absolute Gasteiger partial charge is 0.241 e. The monoisotopic (exact) mass is 239 g/mol. The number of nitrogens with zero attached hydrogens (tertiary/aromatic N) is 2. The number of amides is 1. The molecule has 94 valence electrons. The van der Waals surface area contributed by atoms with Crippen LogP contribution < -0.4 is 10.6 Å². The van der Waals surface area contributed by atoms with Crippen molar-refractivity contribution in [1.29, 1.82) is 0 Å². The van der Waals surface area contributed by atoms with E-state index in [-0.39, 0.29) is 12.5 Å². The fraction of sp³-hybridized carbons (Fsp3) is 0.417. The lowest BCUT2D eigenvalue weighted by atomic mass is 10.2. The lowest BCUT2D eigenvalue weighted by molar-refractivity contribution is -0.127. The van der Waals surface area contributed by atoms with Crippen LogP contribution in [0.25, 0.3) is 0 Å². The number of halogens is 1. The number of hydrogen-bond donors (Lipinski definition) is 1. The Morgan fingerprint density at radius 2 is 2.00 bits per heavy atom. The maximum Gasteiger partial charge on any atom is 0.241 e. The van der Waals surface area contributed by atoms with Crippen molar-refractivity contribution in [3.8, 4) is 0 Å². The average molecular weight is 239 g/mol. The Bertz CT molecular complexity index is 386. The number of hydrogen-bond acceptors (Lipinski definition) is 3. The van der Waals surface area contributed by atoms with Gasteiger partial charge in [-0.05, 0) is 25.1 Å². The number of carbonyl (C=O) groups is 1. The summed E-state index contributed by atoms with van der Waals surface area (Å²) < 4.78 is 13.2. The highest BCUT2D eigenvalue weighted by Gasteiger charge is 2.12. The van der Waals surface area contributed by atoms with Crippen molar-refractivity contribution in [2.24, 2.45) is 0 Å². The minimum absolute atomic E-state index is 0.0327. The van der Waals surface area contributed by atoms with Crippen LogP contribution >= 0.6 is 0 Å². The van der Waals surface area contributed by atoms with Crippen LogP contribution in [0.5, 0.6) is 0 Å². The zero-order valence-corrected chi connectivity index (χ0v) is 10.4. The van der Waals surface area contributed by atoms with Crippen LogP contribution in [0.2, 0.25) is 0 Å². The summed E-state index contributed by atoms with van der Waals surface area (Å²) in [5.74, 6) is -0.426. The van der Waals surface area contributed by atoms with Gasteiger partial charge in [0.05, 0.1) is 6.54 Å². The molecule has 0 saturated carbocycles. The quantitative estimate of drug-likeness (QED) is 0.806. The lowest BCUT2D eigenvalue weighted by Gasteiger charge is -2.24. The summed E-state index contributed by atoms with van der Waals surface area (Å²) >= 11 is 0. The summed E-state index contributed by atoms with van der Waals surface area (Å²) in [6, 6.07) is 4.30. The molecular weight excluding hydrogens is 221 g/mol. The summed E-state index contributed by atoms with van der Waals surface area (Å²) in [7, 11) is 3.38. The molecule has 0 heterocycles. The first-order valence-corrected chi connectivity index (χ1v) is 5.45. The van der Waals surface area contributed by atoms with Gasteiger partial charge in [0.1, 0.15) is 5.82 Å². The zero-order valence-electron chi connectivity index (χ0n) is 10.4. The molecule has 1 aromatic rings. The standard InChI is InChI=1S/C12H18FN3O/c1-4-16(8-12(17)15(2)3)11-6-9(13)5-10(14)7-11/h5-7H,4,8,14H2,1-3H3. The topological polar surface area (TPSA) is 49.6 Å². The van der Waals surface area contributed by atoms with E-state index in [4.69, 9.17) is 5.73 Å². The normalized spacial score (nSPS) is 10.1. The molecule has 0 aliphatic rings. The van der Waals surface area contributed by atoms with Gasteiger partial charge in [-0.2, -0.15) is 0 Å². The van der Waals surface area contributed by atoms with Gasteiger partial charge >= 0.3 is 0 Å². The van der Waals surface area contributed by atoms with Crippen LogP contribution in [0.4, 0.5) is 15.8 Å². The molecular formula is C12H18FN3O. The number of carbonyl (C=O) groups excluding carboxylic acids is 1. The highest BCUT2D eigenvalue weighted by atomic mass is 19.1. The highest BCUT2D eigenvalue weighted by molar-refractivity contribution is 5.81. The van der Waals surface area contributed by atoms with Crippen molar-refractivity contribution >= 4 is 17.3 Å². The molecule has 0 aromatic heterocycles. The summed E-state index contributed by atoms with van der Waals surface area (Å²) in [4.78, 5) is 14.9. The third kappa shape index (κ3) is 3.62. The van der Waals surface area contributed by atoms with Crippen molar-refractivity contribution in [2.75, 3.05) is 37.8 Å². The fourth-order valence-electron chi connectivity index (χ4n) is 1.47. The summed E-state index contributed by atoms with van der Waals surface area (Å²) in [6.45, 7) is 2.74. The van der Waals surface area contributed by atoms with E-state index in [1.54, 1.807) is 25.1 Å². The molecule has 0 fully saturated rings. The Morgan fingerprint density at radius 3 is 2.47 bits per heavy atom. The van der Waals surface area contributed by atoms with Gasteiger partial charge in [0.15, 0.2) is 0 Å². The molecule has 5 heteroatoms. The fourth-order valence-corrected chi connectivity index (χ4v) is 1.47. The maximum atomic E-state index is 13.2. The van der Waals surface area contributed by atoms with Gasteiger partial charge in [0, 0.05) is 32.0 Å². The van der Waals surface area contributed by atoms with E-state index in [1.165, 1.54) is 17.0 Å². The molecule has 4 nitrogen and oxygen atoms in total. The maximum absolute atomic E-state index is 13.2. The van der Waals surface area contributed by atoms with E-state index in [1.807, 2.05) is 6.92 Å². The predicted molar refractivity (Wildman–Crippen MR) is 67.4 cm³/mol. The summed E-state index contributed by atoms with van der Waals surface area (Å²) in [6.07, 6.45) is 0. The molecule has 1 rings (SSSR count). The van der Waals surface area contributed by atoms with E-state index < -0.39 is 5.82 Å². The van der Waals surface area contributed by atoms with Crippen molar-refractivity contribution < 1.29 is 9.18 Å². The van der Waals surface area contributed by atoms with Crippen molar-refractivity contribution in [1.82, 2.24) is 4.90 Å². The molecule has 0 aliphatic carbocycles. The second kappa shape index (κ2) is 5.52. The third-order valence-corrected chi connectivity index (χ3v) is 2.48. The molecule has 17 heavy (non-hydrogen) atoms. The minimum atomic E-state index is -0.393. The Labute approximate surface area is 101 Å².